The Morgan fingerprint density at radius 1 is 1.29 bits per heavy atom. The number of nitrogens with two attached hydrogens (primary N) is 1. The third-order valence-electron chi connectivity index (χ3n) is 2.84. The molecule has 0 atom stereocenters. The van der Waals surface area contributed by atoms with E-state index in [4.69, 9.17) is 10.5 Å². The Hall–Kier alpha value is -2.24. The number of carbonyl (C=O) groups is 2. The van der Waals surface area contributed by atoms with Crippen molar-refractivity contribution < 1.29 is 14.3 Å². The predicted octanol–water partition coefficient (Wildman–Crippen LogP) is 1.17. The van der Waals surface area contributed by atoms with Crippen LogP contribution < -0.4 is 21.1 Å². The van der Waals surface area contributed by atoms with Crippen LogP contribution in [0.3, 0.4) is 0 Å². The van der Waals surface area contributed by atoms with E-state index in [1.807, 2.05) is 13.8 Å². The highest BCUT2D eigenvalue weighted by molar-refractivity contribution is 5.98. The Morgan fingerprint density at radius 2 is 2.00 bits per heavy atom. The summed E-state index contributed by atoms with van der Waals surface area (Å²) in [7, 11) is 1.46. The van der Waals surface area contributed by atoms with Crippen molar-refractivity contribution in [3.8, 4) is 5.75 Å². The van der Waals surface area contributed by atoms with Crippen LogP contribution >= 0.6 is 0 Å². The maximum absolute atomic E-state index is 12.0. The van der Waals surface area contributed by atoms with Gasteiger partial charge in [0.15, 0.2) is 5.75 Å². The fourth-order valence-corrected chi connectivity index (χ4v) is 1.75. The summed E-state index contributed by atoms with van der Waals surface area (Å²) in [6.45, 7) is 4.94. The number of benzene rings is 1. The van der Waals surface area contributed by atoms with Crippen LogP contribution in [0.25, 0.3) is 0 Å². The summed E-state index contributed by atoms with van der Waals surface area (Å²) in [5, 5.41) is 5.48. The molecule has 0 saturated heterocycles. The lowest BCUT2D eigenvalue weighted by Gasteiger charge is -2.11. The van der Waals surface area contributed by atoms with E-state index in [0.29, 0.717) is 29.5 Å². The van der Waals surface area contributed by atoms with E-state index in [1.165, 1.54) is 7.11 Å². The molecule has 1 aromatic rings. The summed E-state index contributed by atoms with van der Waals surface area (Å²) >= 11 is 0. The molecule has 0 heterocycles. The molecule has 0 radical (unpaired) electrons. The van der Waals surface area contributed by atoms with E-state index < -0.39 is 0 Å². The summed E-state index contributed by atoms with van der Waals surface area (Å²) in [6, 6.07) is 4.97. The third kappa shape index (κ3) is 5.33. The van der Waals surface area contributed by atoms with Gasteiger partial charge in [0.1, 0.15) is 0 Å². The maximum Gasteiger partial charge on any atom is 0.255 e. The summed E-state index contributed by atoms with van der Waals surface area (Å²) < 4.78 is 5.12. The lowest BCUT2D eigenvalue weighted by atomic mass is 10.1. The number of methoxy groups -OCH3 is 1. The first-order valence-corrected chi connectivity index (χ1v) is 6.93. The molecule has 6 heteroatoms. The van der Waals surface area contributed by atoms with Crippen molar-refractivity contribution in [2.75, 3.05) is 25.9 Å². The molecule has 0 aromatic heterocycles. The molecule has 6 nitrogen and oxygen atoms in total. The van der Waals surface area contributed by atoms with E-state index in [1.54, 1.807) is 18.2 Å². The number of para-hydroxylation sites is 1. The minimum Gasteiger partial charge on any atom is -0.494 e. The largest absolute Gasteiger partial charge is 0.494 e. The topological polar surface area (TPSA) is 93.4 Å². The van der Waals surface area contributed by atoms with Gasteiger partial charge in [-0.15, -0.1) is 0 Å². The van der Waals surface area contributed by atoms with Crippen molar-refractivity contribution in [2.24, 2.45) is 5.92 Å². The Bertz CT molecular complexity index is 501. The number of hydrogen-bond acceptors (Lipinski definition) is 4. The molecular formula is C15H23N3O3. The molecule has 4 N–H and O–H groups in total. The van der Waals surface area contributed by atoms with Gasteiger partial charge in [-0.3, -0.25) is 9.59 Å². The second-order valence-electron chi connectivity index (χ2n) is 5.13. The monoisotopic (exact) mass is 293 g/mol. The van der Waals surface area contributed by atoms with Crippen LogP contribution in [0.2, 0.25) is 0 Å². The van der Waals surface area contributed by atoms with Crippen LogP contribution in [-0.4, -0.2) is 32.0 Å². The second-order valence-corrected chi connectivity index (χ2v) is 5.13. The number of ether oxygens (including phenoxy) is 1. The van der Waals surface area contributed by atoms with Crippen molar-refractivity contribution >= 4 is 17.5 Å². The van der Waals surface area contributed by atoms with E-state index in [-0.39, 0.29) is 24.8 Å². The van der Waals surface area contributed by atoms with Gasteiger partial charge in [0.25, 0.3) is 5.91 Å². The molecule has 1 aromatic carbocycles. The highest BCUT2D eigenvalue weighted by atomic mass is 16.5. The average Bonchev–Trinajstić information content (AvgIpc) is 2.44. The fourth-order valence-electron chi connectivity index (χ4n) is 1.75. The average molecular weight is 293 g/mol. The van der Waals surface area contributed by atoms with Crippen molar-refractivity contribution in [2.45, 2.75) is 20.3 Å². The summed E-state index contributed by atoms with van der Waals surface area (Å²) in [5.41, 5.74) is 6.51. The number of hydrogen-bond donors (Lipinski definition) is 3. The van der Waals surface area contributed by atoms with Gasteiger partial charge in [0, 0.05) is 19.5 Å². The maximum atomic E-state index is 12.0. The number of rotatable bonds is 7. The van der Waals surface area contributed by atoms with Gasteiger partial charge < -0.3 is 21.1 Å². The molecule has 0 unspecified atom stereocenters. The first-order chi connectivity index (χ1) is 9.95. The van der Waals surface area contributed by atoms with Gasteiger partial charge >= 0.3 is 0 Å². The third-order valence-corrected chi connectivity index (χ3v) is 2.84. The van der Waals surface area contributed by atoms with Gasteiger partial charge in [-0.05, 0) is 18.1 Å². The number of anilines is 1. The zero-order chi connectivity index (χ0) is 15.8. The zero-order valence-electron chi connectivity index (χ0n) is 12.7. The van der Waals surface area contributed by atoms with Crippen LogP contribution in [0.15, 0.2) is 18.2 Å². The molecule has 0 spiro atoms. The van der Waals surface area contributed by atoms with Gasteiger partial charge in [-0.1, -0.05) is 19.9 Å². The number of nitrogens with one attached hydrogen (secondary N) is 2. The molecule has 21 heavy (non-hydrogen) atoms. The second kappa shape index (κ2) is 8.14. The van der Waals surface area contributed by atoms with Gasteiger partial charge in [0.2, 0.25) is 5.91 Å². The first kappa shape index (κ1) is 16.8. The number of carbonyl (C=O) groups excluding carboxylic acids is 2. The normalized spacial score (nSPS) is 10.3. The molecule has 0 bridgehead atoms. The zero-order valence-corrected chi connectivity index (χ0v) is 12.7. The minimum absolute atomic E-state index is 0.0801. The van der Waals surface area contributed by atoms with Crippen LogP contribution in [-0.2, 0) is 4.79 Å². The van der Waals surface area contributed by atoms with Crippen LogP contribution in [0.5, 0.6) is 5.75 Å². The van der Waals surface area contributed by atoms with E-state index in [2.05, 4.69) is 10.6 Å². The quantitative estimate of drug-likeness (QED) is 0.658. The number of amides is 2. The molecular weight excluding hydrogens is 270 g/mol. The highest BCUT2D eigenvalue weighted by Gasteiger charge is 2.14. The predicted molar refractivity (Wildman–Crippen MR) is 82.2 cm³/mol. The van der Waals surface area contributed by atoms with Crippen molar-refractivity contribution in [1.29, 1.82) is 0 Å². The molecule has 0 saturated carbocycles. The van der Waals surface area contributed by atoms with Crippen molar-refractivity contribution in [3.63, 3.8) is 0 Å². The molecule has 1 rings (SSSR count). The molecule has 0 aliphatic rings. The smallest absolute Gasteiger partial charge is 0.255 e. The first-order valence-electron chi connectivity index (χ1n) is 6.93. The van der Waals surface area contributed by atoms with Crippen molar-refractivity contribution in [1.82, 2.24) is 10.6 Å². The van der Waals surface area contributed by atoms with E-state index in [0.717, 1.165) is 0 Å². The van der Waals surface area contributed by atoms with E-state index >= 15 is 0 Å². The molecule has 0 aliphatic carbocycles. The number of nitrogen functional groups attached to an aromatic ring is 1. The minimum atomic E-state index is -0.309. The summed E-state index contributed by atoms with van der Waals surface area (Å²) in [5.74, 6) is 0.360. The van der Waals surface area contributed by atoms with E-state index in [9.17, 15) is 9.59 Å². The summed E-state index contributed by atoms with van der Waals surface area (Å²) in [6.07, 6.45) is 0.239. The molecule has 2 amide bonds. The van der Waals surface area contributed by atoms with Gasteiger partial charge in [-0.25, -0.2) is 0 Å². The van der Waals surface area contributed by atoms with Crippen LogP contribution in [0, 0.1) is 5.92 Å². The Morgan fingerprint density at radius 3 is 2.62 bits per heavy atom. The van der Waals surface area contributed by atoms with Gasteiger partial charge in [0.05, 0.1) is 18.4 Å². The Balaban J connectivity index is 2.48. The van der Waals surface area contributed by atoms with Crippen molar-refractivity contribution in [3.05, 3.63) is 23.8 Å². The summed E-state index contributed by atoms with van der Waals surface area (Å²) in [4.78, 5) is 23.6. The molecule has 0 fully saturated rings. The molecule has 0 aliphatic heterocycles. The Kier molecular flexibility index (Phi) is 6.52. The van der Waals surface area contributed by atoms with Crippen LogP contribution in [0.1, 0.15) is 30.6 Å². The Labute approximate surface area is 125 Å². The molecule has 116 valence electrons. The van der Waals surface area contributed by atoms with Crippen LogP contribution in [0.4, 0.5) is 5.69 Å². The van der Waals surface area contributed by atoms with Gasteiger partial charge in [-0.2, -0.15) is 0 Å². The fraction of sp³-hybridized carbons (Fsp3) is 0.467. The standard InChI is InChI=1S/C15H23N3O3/c1-10(2)9-18-13(19)7-8-17-15(20)11-5-4-6-12(16)14(11)21-3/h4-6,10H,7-9,16H2,1-3H3,(H,17,20)(H,18,19). The SMILES string of the molecule is COc1c(N)cccc1C(=O)NCCC(=O)NCC(C)C. The highest BCUT2D eigenvalue weighted by Crippen LogP contribution is 2.25. The lowest BCUT2D eigenvalue weighted by Crippen LogP contribution is -2.32. The lowest BCUT2D eigenvalue weighted by molar-refractivity contribution is -0.121.